The van der Waals surface area contributed by atoms with Crippen molar-refractivity contribution in [3.05, 3.63) is 52.8 Å². The lowest BCUT2D eigenvalue weighted by molar-refractivity contribution is 0.268. The largest absolute Gasteiger partial charge is 0.497 e. The molecule has 2 aromatic carbocycles. The van der Waals surface area contributed by atoms with E-state index >= 15 is 0 Å². The summed E-state index contributed by atoms with van der Waals surface area (Å²) in [7, 11) is 1.61. The molecule has 146 valence electrons. The van der Waals surface area contributed by atoms with Gasteiger partial charge in [0.2, 0.25) is 0 Å². The number of aromatic amines is 1. The van der Waals surface area contributed by atoms with Gasteiger partial charge in [-0.05, 0) is 56.1 Å². The third-order valence-corrected chi connectivity index (χ3v) is 5.17. The summed E-state index contributed by atoms with van der Waals surface area (Å²) in [4.78, 5) is 20.1. The Balaban J connectivity index is 1.51. The van der Waals surface area contributed by atoms with Gasteiger partial charge in [-0.15, -0.1) is 0 Å². The molecule has 2 heterocycles. The standard InChI is InChI=1S/C22H25N3O3/c1-27-17-7-4-5-15(13-17)21-24-20-9-8-18(14-19(20)22(26)25-21)28-12-10-16-6-2-3-11-23-16/h4-5,7-9,13-14,16,23H,2-3,6,10-12H2,1H3,(H,24,25,26). The number of benzene rings is 2. The molecule has 28 heavy (non-hydrogen) atoms. The second-order valence-electron chi connectivity index (χ2n) is 7.11. The predicted octanol–water partition coefficient (Wildman–Crippen LogP) is 3.51. The molecule has 0 amide bonds. The molecule has 0 saturated carbocycles. The van der Waals surface area contributed by atoms with Crippen molar-refractivity contribution in [2.24, 2.45) is 0 Å². The topological polar surface area (TPSA) is 76.2 Å². The number of fused-ring (bicyclic) bond motifs is 1. The number of aromatic nitrogens is 2. The lowest BCUT2D eigenvalue weighted by Gasteiger charge is -2.23. The molecule has 2 N–H and O–H groups in total. The fourth-order valence-electron chi connectivity index (χ4n) is 3.60. The lowest BCUT2D eigenvalue weighted by atomic mass is 10.0. The van der Waals surface area contributed by atoms with Crippen molar-refractivity contribution in [1.82, 2.24) is 15.3 Å². The molecule has 1 aliphatic rings. The van der Waals surface area contributed by atoms with Crippen molar-refractivity contribution in [3.8, 4) is 22.9 Å². The quantitative estimate of drug-likeness (QED) is 0.685. The van der Waals surface area contributed by atoms with Gasteiger partial charge in [0, 0.05) is 11.6 Å². The molecular formula is C22H25N3O3. The van der Waals surface area contributed by atoms with E-state index in [1.165, 1.54) is 19.3 Å². The van der Waals surface area contributed by atoms with Crippen molar-refractivity contribution in [2.75, 3.05) is 20.3 Å². The molecule has 6 nitrogen and oxygen atoms in total. The van der Waals surface area contributed by atoms with E-state index in [0.717, 1.165) is 24.3 Å². The maximum Gasteiger partial charge on any atom is 0.259 e. The van der Waals surface area contributed by atoms with Crippen LogP contribution in [0, 0.1) is 0 Å². The van der Waals surface area contributed by atoms with Gasteiger partial charge in [0.25, 0.3) is 5.56 Å². The number of nitrogens with zero attached hydrogens (tertiary/aromatic N) is 1. The van der Waals surface area contributed by atoms with E-state index in [1.807, 2.05) is 36.4 Å². The van der Waals surface area contributed by atoms with Gasteiger partial charge in [0.1, 0.15) is 17.3 Å². The van der Waals surface area contributed by atoms with Gasteiger partial charge < -0.3 is 19.8 Å². The van der Waals surface area contributed by atoms with Crippen molar-refractivity contribution in [3.63, 3.8) is 0 Å². The molecule has 0 aliphatic carbocycles. The Labute approximate surface area is 163 Å². The monoisotopic (exact) mass is 379 g/mol. The summed E-state index contributed by atoms with van der Waals surface area (Å²) in [5.74, 6) is 1.94. The third kappa shape index (κ3) is 4.17. The van der Waals surface area contributed by atoms with Crippen molar-refractivity contribution < 1.29 is 9.47 Å². The van der Waals surface area contributed by atoms with Gasteiger partial charge >= 0.3 is 0 Å². The highest BCUT2D eigenvalue weighted by molar-refractivity contribution is 5.81. The first-order chi connectivity index (χ1) is 13.7. The summed E-state index contributed by atoms with van der Waals surface area (Å²) in [6, 6.07) is 13.5. The number of rotatable bonds is 6. The zero-order valence-corrected chi connectivity index (χ0v) is 16.0. The van der Waals surface area contributed by atoms with Crippen LogP contribution in [-0.4, -0.2) is 36.3 Å². The van der Waals surface area contributed by atoms with Crippen LogP contribution in [0.3, 0.4) is 0 Å². The predicted molar refractivity (Wildman–Crippen MR) is 110 cm³/mol. The Morgan fingerprint density at radius 3 is 2.89 bits per heavy atom. The molecule has 3 aromatic rings. The third-order valence-electron chi connectivity index (χ3n) is 5.17. The second kappa shape index (κ2) is 8.44. The summed E-state index contributed by atoms with van der Waals surface area (Å²) in [6.07, 6.45) is 4.72. The first-order valence-corrected chi connectivity index (χ1v) is 9.77. The molecule has 1 unspecified atom stereocenters. The maximum absolute atomic E-state index is 12.6. The van der Waals surface area contributed by atoms with Crippen LogP contribution in [0.5, 0.6) is 11.5 Å². The summed E-state index contributed by atoms with van der Waals surface area (Å²) < 4.78 is 11.1. The number of nitrogens with one attached hydrogen (secondary N) is 2. The number of hydrogen-bond acceptors (Lipinski definition) is 5. The number of piperidine rings is 1. The fraction of sp³-hybridized carbons (Fsp3) is 0.364. The molecule has 1 saturated heterocycles. The number of hydrogen-bond donors (Lipinski definition) is 2. The minimum Gasteiger partial charge on any atom is -0.497 e. The summed E-state index contributed by atoms with van der Waals surface area (Å²) >= 11 is 0. The van der Waals surface area contributed by atoms with Crippen molar-refractivity contribution in [2.45, 2.75) is 31.7 Å². The van der Waals surface area contributed by atoms with Gasteiger partial charge in [-0.2, -0.15) is 0 Å². The summed E-state index contributed by atoms with van der Waals surface area (Å²) in [5.41, 5.74) is 1.27. The number of H-pyrrole nitrogens is 1. The van der Waals surface area contributed by atoms with Crippen LogP contribution in [-0.2, 0) is 0 Å². The smallest absolute Gasteiger partial charge is 0.259 e. The normalized spacial score (nSPS) is 16.8. The minimum absolute atomic E-state index is 0.179. The van der Waals surface area contributed by atoms with Crippen LogP contribution in [0.15, 0.2) is 47.3 Å². The lowest BCUT2D eigenvalue weighted by Crippen LogP contribution is -2.35. The van der Waals surface area contributed by atoms with Crippen LogP contribution >= 0.6 is 0 Å². The van der Waals surface area contributed by atoms with E-state index in [-0.39, 0.29) is 5.56 Å². The maximum atomic E-state index is 12.6. The van der Waals surface area contributed by atoms with E-state index in [0.29, 0.717) is 35.1 Å². The Hall–Kier alpha value is -2.86. The highest BCUT2D eigenvalue weighted by atomic mass is 16.5. The Morgan fingerprint density at radius 2 is 2.07 bits per heavy atom. The Bertz CT molecular complexity index is 1010. The molecule has 0 radical (unpaired) electrons. The fourth-order valence-corrected chi connectivity index (χ4v) is 3.60. The minimum atomic E-state index is -0.179. The second-order valence-corrected chi connectivity index (χ2v) is 7.11. The molecule has 0 bridgehead atoms. The van der Waals surface area contributed by atoms with Gasteiger partial charge in [0.15, 0.2) is 0 Å². The molecule has 1 aromatic heterocycles. The van der Waals surface area contributed by atoms with Crippen molar-refractivity contribution >= 4 is 10.9 Å². The molecule has 1 fully saturated rings. The van der Waals surface area contributed by atoms with E-state index in [2.05, 4.69) is 15.3 Å². The summed E-state index contributed by atoms with van der Waals surface area (Å²) in [6.45, 7) is 1.73. The van der Waals surface area contributed by atoms with E-state index in [4.69, 9.17) is 9.47 Å². The zero-order chi connectivity index (χ0) is 19.3. The average Bonchev–Trinajstić information content (AvgIpc) is 2.75. The van der Waals surface area contributed by atoms with Crippen LogP contribution in [0.2, 0.25) is 0 Å². The van der Waals surface area contributed by atoms with Crippen LogP contribution in [0.25, 0.3) is 22.3 Å². The molecule has 0 spiro atoms. The van der Waals surface area contributed by atoms with Crippen LogP contribution < -0.4 is 20.3 Å². The average molecular weight is 379 g/mol. The summed E-state index contributed by atoms with van der Waals surface area (Å²) in [5, 5.41) is 4.05. The first-order valence-electron chi connectivity index (χ1n) is 9.77. The van der Waals surface area contributed by atoms with E-state index in [9.17, 15) is 4.79 Å². The van der Waals surface area contributed by atoms with E-state index in [1.54, 1.807) is 13.2 Å². The van der Waals surface area contributed by atoms with Crippen LogP contribution in [0.1, 0.15) is 25.7 Å². The Morgan fingerprint density at radius 1 is 1.14 bits per heavy atom. The van der Waals surface area contributed by atoms with Gasteiger partial charge in [0.05, 0.1) is 24.6 Å². The number of methoxy groups -OCH3 is 1. The van der Waals surface area contributed by atoms with Gasteiger partial charge in [-0.25, -0.2) is 4.98 Å². The molecule has 1 aliphatic heterocycles. The highest BCUT2D eigenvalue weighted by Gasteiger charge is 2.13. The zero-order valence-electron chi connectivity index (χ0n) is 16.0. The molecular weight excluding hydrogens is 354 g/mol. The van der Waals surface area contributed by atoms with Gasteiger partial charge in [-0.3, -0.25) is 4.79 Å². The molecule has 6 heteroatoms. The Kier molecular flexibility index (Phi) is 5.58. The van der Waals surface area contributed by atoms with Crippen molar-refractivity contribution in [1.29, 1.82) is 0 Å². The first kappa shape index (κ1) is 18.5. The SMILES string of the molecule is COc1cccc(-c2nc3ccc(OCCC4CCCCN4)cc3c(=O)[nH]2)c1. The highest BCUT2D eigenvalue weighted by Crippen LogP contribution is 2.23. The molecule has 1 atom stereocenters. The number of ether oxygens (including phenoxy) is 2. The van der Waals surface area contributed by atoms with Crippen LogP contribution in [0.4, 0.5) is 0 Å². The molecule has 4 rings (SSSR count). The van der Waals surface area contributed by atoms with E-state index < -0.39 is 0 Å². The van der Waals surface area contributed by atoms with Gasteiger partial charge in [-0.1, -0.05) is 18.6 Å².